The highest BCUT2D eigenvalue weighted by molar-refractivity contribution is 7.86. The molecule has 9 nitrogen and oxygen atoms in total. The third-order valence-corrected chi connectivity index (χ3v) is 8.66. The summed E-state index contributed by atoms with van der Waals surface area (Å²) >= 11 is 6.16. The lowest BCUT2D eigenvalue weighted by molar-refractivity contribution is -0.155. The SMILES string of the molecule is Cc1ccc(S(=O)(=O)OCCC(O)CC2c3[nH]c4ccc(Cl)cc4c3CCN2c2nc(C(F)(F)F)nc(C(F)(F)F)n2)cc1. The number of alkyl halides is 6. The van der Waals surface area contributed by atoms with Gasteiger partial charge in [0.05, 0.1) is 23.6 Å². The molecule has 2 N–H and O–H groups in total. The van der Waals surface area contributed by atoms with Crippen LogP contribution in [0, 0.1) is 6.92 Å². The number of aromatic nitrogens is 4. The molecule has 4 aromatic rings. The topological polar surface area (TPSA) is 121 Å². The Bertz CT molecular complexity index is 1750. The monoisotopic (exact) mass is 663 g/mol. The van der Waals surface area contributed by atoms with E-state index in [0.717, 1.165) is 10.5 Å². The maximum Gasteiger partial charge on any atom is 0.451 e. The number of nitrogens with zero attached hydrogens (tertiary/aromatic N) is 4. The molecular formula is C27H24ClF6N5O4S. The smallest absolute Gasteiger partial charge is 0.393 e. The Labute approximate surface area is 252 Å². The lowest BCUT2D eigenvalue weighted by Crippen LogP contribution is -2.39. The Hall–Kier alpha value is -3.47. The quantitative estimate of drug-likeness (QED) is 0.174. The Morgan fingerprint density at radius 3 is 2.30 bits per heavy atom. The molecule has 2 unspecified atom stereocenters. The average molecular weight is 664 g/mol. The van der Waals surface area contributed by atoms with Crippen LogP contribution in [-0.2, 0) is 33.1 Å². The van der Waals surface area contributed by atoms with Crippen molar-refractivity contribution in [3.05, 3.63) is 76.0 Å². The van der Waals surface area contributed by atoms with Gasteiger partial charge in [-0.15, -0.1) is 0 Å². The summed E-state index contributed by atoms with van der Waals surface area (Å²) < 4.78 is 111. The van der Waals surface area contributed by atoms with E-state index >= 15 is 0 Å². The first-order valence-electron chi connectivity index (χ1n) is 13.1. The van der Waals surface area contributed by atoms with Gasteiger partial charge in [-0.05, 0) is 62.1 Å². The molecule has 0 amide bonds. The number of aliphatic hydroxyl groups is 1. The minimum absolute atomic E-state index is 0.0896. The predicted molar refractivity (Wildman–Crippen MR) is 146 cm³/mol. The van der Waals surface area contributed by atoms with Gasteiger partial charge in [-0.2, -0.15) is 44.7 Å². The van der Waals surface area contributed by atoms with Gasteiger partial charge in [0, 0.05) is 28.2 Å². The number of fused-ring (bicyclic) bond motifs is 3. The highest BCUT2D eigenvalue weighted by Crippen LogP contribution is 2.41. The van der Waals surface area contributed by atoms with Crippen molar-refractivity contribution in [2.45, 2.75) is 55.6 Å². The van der Waals surface area contributed by atoms with Gasteiger partial charge in [0.2, 0.25) is 17.6 Å². The molecular weight excluding hydrogens is 640 g/mol. The Balaban J connectivity index is 1.47. The van der Waals surface area contributed by atoms with Crippen molar-refractivity contribution in [3.8, 4) is 0 Å². The van der Waals surface area contributed by atoms with Crippen LogP contribution in [0.2, 0.25) is 5.02 Å². The zero-order valence-electron chi connectivity index (χ0n) is 22.7. The number of aryl methyl sites for hydroxylation is 1. The fraction of sp³-hybridized carbons (Fsp3) is 0.370. The van der Waals surface area contributed by atoms with E-state index in [4.69, 9.17) is 15.8 Å². The summed E-state index contributed by atoms with van der Waals surface area (Å²) in [6, 6.07) is 9.81. The second-order valence-electron chi connectivity index (χ2n) is 10.2. The number of hydrogen-bond donors (Lipinski definition) is 2. The molecule has 1 aliphatic heterocycles. The first-order chi connectivity index (χ1) is 20.5. The van der Waals surface area contributed by atoms with Crippen LogP contribution in [0.15, 0.2) is 47.4 Å². The molecule has 0 radical (unpaired) electrons. The van der Waals surface area contributed by atoms with E-state index in [-0.39, 0.29) is 30.7 Å². The number of hydrogen-bond acceptors (Lipinski definition) is 8. The third kappa shape index (κ3) is 6.77. The van der Waals surface area contributed by atoms with Crippen LogP contribution in [-0.4, -0.2) is 52.7 Å². The predicted octanol–water partition coefficient (Wildman–Crippen LogP) is 6.00. The van der Waals surface area contributed by atoms with Crippen LogP contribution < -0.4 is 4.90 Å². The minimum Gasteiger partial charge on any atom is -0.393 e. The number of aliphatic hydroxyl groups excluding tert-OH is 1. The van der Waals surface area contributed by atoms with Gasteiger partial charge in [-0.3, -0.25) is 4.18 Å². The molecule has 0 saturated carbocycles. The highest BCUT2D eigenvalue weighted by Gasteiger charge is 2.43. The lowest BCUT2D eigenvalue weighted by atomic mass is 9.93. The van der Waals surface area contributed by atoms with Crippen molar-refractivity contribution in [1.29, 1.82) is 0 Å². The molecule has 17 heteroatoms. The summed E-state index contributed by atoms with van der Waals surface area (Å²) in [4.78, 5) is 13.4. The maximum absolute atomic E-state index is 13.5. The van der Waals surface area contributed by atoms with Crippen LogP contribution in [0.25, 0.3) is 10.9 Å². The molecule has 0 spiro atoms. The zero-order valence-corrected chi connectivity index (χ0v) is 24.3. The van der Waals surface area contributed by atoms with Gasteiger partial charge in [0.15, 0.2) is 0 Å². The zero-order chi connectivity index (χ0) is 32.0. The van der Waals surface area contributed by atoms with E-state index < -0.39 is 58.8 Å². The molecule has 44 heavy (non-hydrogen) atoms. The first kappa shape index (κ1) is 31.9. The summed E-state index contributed by atoms with van der Waals surface area (Å²) in [5.74, 6) is -4.91. The van der Waals surface area contributed by atoms with Crippen LogP contribution in [0.3, 0.4) is 0 Å². The van der Waals surface area contributed by atoms with Gasteiger partial charge in [0.25, 0.3) is 10.1 Å². The molecule has 0 aliphatic carbocycles. The second-order valence-corrected chi connectivity index (χ2v) is 12.3. The Morgan fingerprint density at radius 1 is 1.05 bits per heavy atom. The van der Waals surface area contributed by atoms with E-state index in [1.54, 1.807) is 37.3 Å². The van der Waals surface area contributed by atoms with Crippen molar-refractivity contribution in [3.63, 3.8) is 0 Å². The highest BCUT2D eigenvalue weighted by atomic mass is 35.5. The van der Waals surface area contributed by atoms with Gasteiger partial charge >= 0.3 is 12.4 Å². The number of benzene rings is 2. The molecule has 1 aliphatic rings. The van der Waals surface area contributed by atoms with E-state index in [1.807, 2.05) is 0 Å². The van der Waals surface area contributed by atoms with E-state index in [1.165, 1.54) is 12.1 Å². The van der Waals surface area contributed by atoms with Crippen LogP contribution >= 0.6 is 11.6 Å². The number of nitrogens with one attached hydrogen (secondary N) is 1. The third-order valence-electron chi connectivity index (χ3n) is 7.10. The fourth-order valence-electron chi connectivity index (χ4n) is 5.01. The number of H-pyrrole nitrogens is 1. The maximum atomic E-state index is 13.5. The molecule has 5 rings (SSSR count). The average Bonchev–Trinajstić information content (AvgIpc) is 3.30. The van der Waals surface area contributed by atoms with Crippen LogP contribution in [0.1, 0.15) is 47.4 Å². The van der Waals surface area contributed by atoms with E-state index in [0.29, 0.717) is 27.2 Å². The van der Waals surface area contributed by atoms with Crippen molar-refractivity contribution >= 4 is 38.6 Å². The van der Waals surface area contributed by atoms with Crippen molar-refractivity contribution in [2.24, 2.45) is 0 Å². The molecule has 0 saturated heterocycles. The van der Waals surface area contributed by atoms with Gasteiger partial charge < -0.3 is 15.0 Å². The minimum atomic E-state index is -5.30. The van der Waals surface area contributed by atoms with Crippen LogP contribution in [0.5, 0.6) is 0 Å². The van der Waals surface area contributed by atoms with Crippen molar-refractivity contribution in [2.75, 3.05) is 18.1 Å². The van der Waals surface area contributed by atoms with Gasteiger partial charge in [-0.1, -0.05) is 29.3 Å². The van der Waals surface area contributed by atoms with Crippen molar-refractivity contribution in [1.82, 2.24) is 19.9 Å². The van der Waals surface area contributed by atoms with Crippen molar-refractivity contribution < 1.29 is 44.0 Å². The van der Waals surface area contributed by atoms with E-state index in [9.17, 15) is 39.9 Å². The molecule has 2 aromatic heterocycles. The molecule has 0 fully saturated rings. The van der Waals surface area contributed by atoms with Gasteiger partial charge in [0.1, 0.15) is 0 Å². The molecule has 2 atom stereocenters. The molecule has 2 aromatic carbocycles. The van der Waals surface area contributed by atoms with E-state index in [2.05, 4.69) is 19.9 Å². The lowest BCUT2D eigenvalue weighted by Gasteiger charge is -2.37. The summed E-state index contributed by atoms with van der Waals surface area (Å²) in [6.45, 7) is 1.22. The first-order valence-corrected chi connectivity index (χ1v) is 14.9. The molecule has 236 valence electrons. The largest absolute Gasteiger partial charge is 0.451 e. The Kier molecular flexibility index (Phi) is 8.56. The summed E-state index contributed by atoms with van der Waals surface area (Å²) in [5.41, 5.74) is 2.55. The number of rotatable bonds is 8. The summed E-state index contributed by atoms with van der Waals surface area (Å²) in [5, 5.41) is 12.0. The summed E-state index contributed by atoms with van der Waals surface area (Å²) in [7, 11) is -4.15. The molecule has 0 bridgehead atoms. The second kappa shape index (κ2) is 11.8. The standard InChI is InChI=1S/C27H24ClF6N5O4S/c1-14-2-5-17(6-3-14)44(41,42)43-11-9-16(40)13-21-22-18(19-12-15(28)4-7-20(19)35-22)8-10-39(21)25-37-23(26(29,30)31)36-24(38-25)27(32,33)34/h2-7,12,16,21,35,40H,8-11,13H2,1H3. The number of halogens is 7. The molecule has 3 heterocycles. The van der Waals surface area contributed by atoms with Crippen LogP contribution in [0.4, 0.5) is 32.3 Å². The number of aromatic amines is 1. The van der Waals surface area contributed by atoms with Gasteiger partial charge in [-0.25, -0.2) is 4.98 Å². The summed E-state index contributed by atoms with van der Waals surface area (Å²) in [6.07, 6.45) is -12.2. The number of anilines is 1. The Morgan fingerprint density at radius 2 is 1.68 bits per heavy atom. The fourth-order valence-corrected chi connectivity index (χ4v) is 6.11. The normalized spacial score (nSPS) is 16.8.